The van der Waals surface area contributed by atoms with Gasteiger partial charge in [0.2, 0.25) is 5.91 Å². The van der Waals surface area contributed by atoms with Crippen LogP contribution in [0.3, 0.4) is 0 Å². The lowest BCUT2D eigenvalue weighted by molar-refractivity contribution is -0.117. The Morgan fingerprint density at radius 3 is 2.82 bits per heavy atom. The summed E-state index contributed by atoms with van der Waals surface area (Å²) in [5.41, 5.74) is 2.96. The molecule has 2 aromatic carbocycles. The van der Waals surface area contributed by atoms with Gasteiger partial charge in [0, 0.05) is 6.04 Å². The van der Waals surface area contributed by atoms with Gasteiger partial charge in [-0.15, -0.1) is 0 Å². The fourth-order valence-electron chi connectivity index (χ4n) is 3.95. The summed E-state index contributed by atoms with van der Waals surface area (Å²) in [5.74, 6) is 2.23. The number of carbonyl (C=O) groups is 1. The normalized spacial score (nSPS) is 18.7. The minimum Gasteiger partial charge on any atom is -0.495 e. The summed E-state index contributed by atoms with van der Waals surface area (Å²) in [6.07, 6.45) is 2.10. The summed E-state index contributed by atoms with van der Waals surface area (Å²) in [4.78, 5) is 14.9. The Labute approximate surface area is 165 Å². The van der Waals surface area contributed by atoms with Gasteiger partial charge in [-0.25, -0.2) is 0 Å². The number of likely N-dealkylation sites (tertiary alicyclic amines) is 1. The molecule has 0 aromatic heterocycles. The Kier molecular flexibility index (Phi) is 5.39. The van der Waals surface area contributed by atoms with Gasteiger partial charge < -0.3 is 19.5 Å². The molecule has 1 amide bonds. The molecule has 0 aliphatic carbocycles. The second-order valence-corrected chi connectivity index (χ2v) is 7.28. The molecule has 2 aromatic rings. The van der Waals surface area contributed by atoms with E-state index in [4.69, 9.17) is 14.2 Å². The summed E-state index contributed by atoms with van der Waals surface area (Å²) < 4.78 is 16.7. The Morgan fingerprint density at radius 2 is 2.00 bits per heavy atom. The van der Waals surface area contributed by atoms with Gasteiger partial charge in [0.1, 0.15) is 19.0 Å². The van der Waals surface area contributed by atoms with Crippen molar-refractivity contribution in [3.05, 3.63) is 47.5 Å². The van der Waals surface area contributed by atoms with Crippen LogP contribution in [0.15, 0.2) is 36.4 Å². The molecule has 1 unspecified atom stereocenters. The first-order chi connectivity index (χ1) is 13.6. The van der Waals surface area contributed by atoms with Crippen LogP contribution in [-0.4, -0.2) is 44.2 Å². The van der Waals surface area contributed by atoms with Gasteiger partial charge in [-0.1, -0.05) is 12.1 Å². The molecule has 1 N–H and O–H groups in total. The maximum Gasteiger partial charge on any atom is 0.238 e. The van der Waals surface area contributed by atoms with Gasteiger partial charge in [-0.3, -0.25) is 9.69 Å². The predicted octanol–water partition coefficient (Wildman–Crippen LogP) is 3.55. The number of benzene rings is 2. The largest absolute Gasteiger partial charge is 0.495 e. The minimum atomic E-state index is -0.0339. The Bertz CT molecular complexity index is 868. The van der Waals surface area contributed by atoms with Crippen LogP contribution in [0.2, 0.25) is 0 Å². The van der Waals surface area contributed by atoms with E-state index in [9.17, 15) is 4.79 Å². The van der Waals surface area contributed by atoms with E-state index in [-0.39, 0.29) is 11.9 Å². The van der Waals surface area contributed by atoms with E-state index in [0.29, 0.717) is 31.2 Å². The highest BCUT2D eigenvalue weighted by Gasteiger charge is 2.29. The Balaban J connectivity index is 1.45. The SMILES string of the molecule is COc1ccc(C)cc1NC(=O)CN1CCCC1c1ccc2c(c1)OCCO2. The van der Waals surface area contributed by atoms with E-state index in [0.717, 1.165) is 36.4 Å². The van der Waals surface area contributed by atoms with Gasteiger partial charge in [0.15, 0.2) is 11.5 Å². The van der Waals surface area contributed by atoms with Crippen LogP contribution in [0.1, 0.15) is 30.0 Å². The van der Waals surface area contributed by atoms with Crippen molar-refractivity contribution in [2.24, 2.45) is 0 Å². The van der Waals surface area contributed by atoms with Crippen molar-refractivity contribution in [3.8, 4) is 17.2 Å². The quantitative estimate of drug-likeness (QED) is 0.857. The van der Waals surface area contributed by atoms with Crippen LogP contribution in [0.5, 0.6) is 17.2 Å². The lowest BCUT2D eigenvalue weighted by Gasteiger charge is -2.26. The third-order valence-electron chi connectivity index (χ3n) is 5.29. The van der Waals surface area contributed by atoms with Gasteiger partial charge >= 0.3 is 0 Å². The van der Waals surface area contributed by atoms with Crippen LogP contribution in [0, 0.1) is 6.92 Å². The van der Waals surface area contributed by atoms with Crippen molar-refractivity contribution in [3.63, 3.8) is 0 Å². The number of amides is 1. The number of hydrogen-bond donors (Lipinski definition) is 1. The molecule has 148 valence electrons. The summed E-state index contributed by atoms with van der Waals surface area (Å²) in [5, 5.41) is 3.00. The number of aryl methyl sites for hydroxylation is 1. The molecule has 2 aliphatic heterocycles. The van der Waals surface area contributed by atoms with Crippen LogP contribution >= 0.6 is 0 Å². The molecule has 4 rings (SSSR count). The molecule has 6 heteroatoms. The van der Waals surface area contributed by atoms with E-state index >= 15 is 0 Å². The topological polar surface area (TPSA) is 60.0 Å². The van der Waals surface area contributed by atoms with Crippen LogP contribution in [-0.2, 0) is 4.79 Å². The molecule has 0 saturated carbocycles. The average Bonchev–Trinajstić information content (AvgIpc) is 3.15. The highest BCUT2D eigenvalue weighted by atomic mass is 16.6. The maximum atomic E-state index is 12.7. The second-order valence-electron chi connectivity index (χ2n) is 7.28. The lowest BCUT2D eigenvalue weighted by Crippen LogP contribution is -2.33. The highest BCUT2D eigenvalue weighted by Crippen LogP contribution is 2.38. The molecule has 2 heterocycles. The molecule has 28 heavy (non-hydrogen) atoms. The van der Waals surface area contributed by atoms with Crippen molar-refractivity contribution in [1.82, 2.24) is 4.90 Å². The van der Waals surface area contributed by atoms with Gasteiger partial charge in [-0.2, -0.15) is 0 Å². The maximum absolute atomic E-state index is 12.7. The predicted molar refractivity (Wildman–Crippen MR) is 107 cm³/mol. The summed E-state index contributed by atoms with van der Waals surface area (Å²) in [6, 6.07) is 12.1. The summed E-state index contributed by atoms with van der Waals surface area (Å²) in [7, 11) is 1.61. The molecular formula is C22H26N2O4. The van der Waals surface area contributed by atoms with E-state index in [1.807, 2.05) is 31.2 Å². The Morgan fingerprint density at radius 1 is 1.18 bits per heavy atom. The molecule has 6 nitrogen and oxygen atoms in total. The number of rotatable bonds is 5. The van der Waals surface area contributed by atoms with E-state index in [1.165, 1.54) is 5.56 Å². The first kappa shape index (κ1) is 18.6. The van der Waals surface area contributed by atoms with E-state index in [2.05, 4.69) is 22.3 Å². The van der Waals surface area contributed by atoms with Gasteiger partial charge in [-0.05, 0) is 61.7 Å². The second kappa shape index (κ2) is 8.10. The van der Waals surface area contributed by atoms with E-state index in [1.54, 1.807) is 7.11 Å². The van der Waals surface area contributed by atoms with Crippen LogP contribution < -0.4 is 19.5 Å². The molecule has 1 saturated heterocycles. The minimum absolute atomic E-state index is 0.0339. The summed E-state index contributed by atoms with van der Waals surface area (Å²) in [6.45, 7) is 4.40. The fraction of sp³-hybridized carbons (Fsp3) is 0.409. The van der Waals surface area contributed by atoms with Crippen molar-refractivity contribution in [2.45, 2.75) is 25.8 Å². The smallest absolute Gasteiger partial charge is 0.238 e. The zero-order chi connectivity index (χ0) is 19.5. The van der Waals surface area contributed by atoms with Crippen LogP contribution in [0.25, 0.3) is 0 Å². The third kappa shape index (κ3) is 3.92. The van der Waals surface area contributed by atoms with Crippen molar-refractivity contribution < 1.29 is 19.0 Å². The average molecular weight is 382 g/mol. The first-order valence-electron chi connectivity index (χ1n) is 9.72. The number of fused-ring (bicyclic) bond motifs is 1. The van der Waals surface area contributed by atoms with E-state index < -0.39 is 0 Å². The lowest BCUT2D eigenvalue weighted by atomic mass is 10.0. The zero-order valence-electron chi connectivity index (χ0n) is 16.4. The standard InChI is InChI=1S/C22H26N2O4/c1-15-5-7-19(26-2)17(12-15)23-22(25)14-24-9-3-4-18(24)16-6-8-20-21(13-16)28-11-10-27-20/h5-8,12-13,18H,3-4,9-11,14H2,1-2H3,(H,23,25). The van der Waals surface area contributed by atoms with Crippen molar-refractivity contribution in [2.75, 3.05) is 38.7 Å². The number of nitrogens with one attached hydrogen (secondary N) is 1. The van der Waals surface area contributed by atoms with Crippen LogP contribution in [0.4, 0.5) is 5.69 Å². The number of methoxy groups -OCH3 is 1. The van der Waals surface area contributed by atoms with Gasteiger partial charge in [0.05, 0.1) is 19.3 Å². The molecule has 1 fully saturated rings. The van der Waals surface area contributed by atoms with Gasteiger partial charge in [0.25, 0.3) is 0 Å². The number of carbonyl (C=O) groups excluding carboxylic acids is 1. The molecular weight excluding hydrogens is 356 g/mol. The van der Waals surface area contributed by atoms with Crippen molar-refractivity contribution >= 4 is 11.6 Å². The number of hydrogen-bond acceptors (Lipinski definition) is 5. The Hall–Kier alpha value is -2.73. The highest BCUT2D eigenvalue weighted by molar-refractivity contribution is 5.93. The first-order valence-corrected chi connectivity index (χ1v) is 9.72. The molecule has 2 aliphatic rings. The number of ether oxygens (including phenoxy) is 3. The summed E-state index contributed by atoms with van der Waals surface area (Å²) >= 11 is 0. The third-order valence-corrected chi connectivity index (χ3v) is 5.29. The zero-order valence-corrected chi connectivity index (χ0v) is 16.4. The monoisotopic (exact) mass is 382 g/mol. The molecule has 0 radical (unpaired) electrons. The number of nitrogens with zero attached hydrogens (tertiary/aromatic N) is 1. The molecule has 0 spiro atoms. The fourth-order valence-corrected chi connectivity index (χ4v) is 3.95. The molecule has 0 bridgehead atoms. The number of anilines is 1. The van der Waals surface area contributed by atoms with Crippen molar-refractivity contribution in [1.29, 1.82) is 0 Å². The molecule has 1 atom stereocenters.